The van der Waals surface area contributed by atoms with E-state index in [-0.39, 0.29) is 0 Å². The predicted molar refractivity (Wildman–Crippen MR) is 150 cm³/mol. The van der Waals surface area contributed by atoms with Gasteiger partial charge in [0, 0.05) is 39.2 Å². The fourth-order valence-electron chi connectivity index (χ4n) is 6.01. The van der Waals surface area contributed by atoms with E-state index < -0.39 is 6.17 Å². The van der Waals surface area contributed by atoms with Crippen LogP contribution < -0.4 is 0 Å². The van der Waals surface area contributed by atoms with E-state index >= 15 is 0 Å². The van der Waals surface area contributed by atoms with Crippen molar-refractivity contribution in [2.75, 3.05) is 0 Å². The van der Waals surface area contributed by atoms with Crippen LogP contribution in [0.1, 0.15) is 23.8 Å². The molecule has 37 heavy (non-hydrogen) atoms. The summed E-state index contributed by atoms with van der Waals surface area (Å²) in [6.07, 6.45) is 3.22. The Bertz CT molecular complexity index is 2030. The average molecular weight is 480 g/mol. The molecular weight excluding hydrogens is 457 g/mol. The van der Waals surface area contributed by atoms with Crippen LogP contribution in [0.4, 0.5) is 4.39 Å². The minimum absolute atomic E-state index is 0.404. The maximum absolute atomic E-state index is 14.6. The number of aromatic nitrogens is 3. The van der Waals surface area contributed by atoms with Gasteiger partial charge >= 0.3 is 0 Å². The van der Waals surface area contributed by atoms with Gasteiger partial charge in [0.1, 0.15) is 12.0 Å². The molecule has 0 radical (unpaired) electrons. The SMILES string of the molecule is FC1CC=Cc2nc(-n3c4ccccc4c4ccc5c6ccccc6n(-c6ccccc6)c5c43)ccc21. The molecule has 0 aliphatic heterocycles. The Kier molecular flexibility index (Phi) is 4.23. The van der Waals surface area contributed by atoms with Crippen molar-refractivity contribution in [1.29, 1.82) is 0 Å². The first-order chi connectivity index (χ1) is 18.3. The number of hydrogen-bond acceptors (Lipinski definition) is 1. The number of nitrogens with zero attached hydrogens (tertiary/aromatic N) is 3. The average Bonchev–Trinajstić information content (AvgIpc) is 3.47. The lowest BCUT2D eigenvalue weighted by molar-refractivity contribution is 0.344. The fourth-order valence-corrected chi connectivity index (χ4v) is 6.01. The molecular formula is C33H22FN3. The first-order valence-corrected chi connectivity index (χ1v) is 12.6. The van der Waals surface area contributed by atoms with Crippen LogP contribution in [0.5, 0.6) is 0 Å². The molecule has 8 rings (SSSR count). The highest BCUT2D eigenvalue weighted by atomic mass is 19.1. The van der Waals surface area contributed by atoms with Crippen LogP contribution in [0.25, 0.3) is 61.2 Å². The molecule has 4 aromatic carbocycles. The van der Waals surface area contributed by atoms with E-state index in [1.807, 2.05) is 30.4 Å². The number of fused-ring (bicyclic) bond motifs is 8. The van der Waals surface area contributed by atoms with E-state index in [0.29, 0.717) is 17.7 Å². The van der Waals surface area contributed by atoms with Crippen molar-refractivity contribution < 1.29 is 4.39 Å². The van der Waals surface area contributed by atoms with E-state index in [1.54, 1.807) is 0 Å². The molecule has 176 valence electrons. The second kappa shape index (κ2) is 7.65. The van der Waals surface area contributed by atoms with E-state index in [4.69, 9.17) is 4.98 Å². The Labute approximate surface area is 212 Å². The molecule has 0 spiro atoms. The third kappa shape index (κ3) is 2.84. The van der Waals surface area contributed by atoms with Gasteiger partial charge in [0.15, 0.2) is 0 Å². The van der Waals surface area contributed by atoms with Gasteiger partial charge in [0.25, 0.3) is 0 Å². The van der Waals surface area contributed by atoms with Crippen LogP contribution in [-0.4, -0.2) is 14.1 Å². The van der Waals surface area contributed by atoms with Crippen molar-refractivity contribution in [2.24, 2.45) is 0 Å². The standard InChI is InChI=1S/C33H22FN3/c34-27-13-8-14-28-26(27)19-20-31(35-28)37-30-16-7-5-12-23(30)25-18-17-24-22-11-4-6-15-29(22)36(32(24)33(25)37)21-9-2-1-3-10-21/h1-12,14-20,27H,13H2. The molecule has 0 saturated carbocycles. The van der Waals surface area contributed by atoms with Gasteiger partial charge in [0.05, 0.1) is 27.8 Å². The normalized spacial score (nSPS) is 15.2. The number of allylic oxidation sites excluding steroid dienone is 1. The van der Waals surface area contributed by atoms with Crippen LogP contribution in [-0.2, 0) is 0 Å². The molecule has 1 aliphatic carbocycles. The maximum atomic E-state index is 14.6. The van der Waals surface area contributed by atoms with E-state index in [2.05, 4.69) is 94.1 Å². The summed E-state index contributed by atoms with van der Waals surface area (Å²) in [5.74, 6) is 0.793. The Morgan fingerprint density at radius 1 is 0.622 bits per heavy atom. The number of pyridine rings is 1. The van der Waals surface area contributed by atoms with Gasteiger partial charge in [-0.2, -0.15) is 0 Å². The molecule has 0 bridgehead atoms. The lowest BCUT2D eigenvalue weighted by Crippen LogP contribution is -2.06. The van der Waals surface area contributed by atoms with Crippen molar-refractivity contribution in [3.8, 4) is 11.5 Å². The van der Waals surface area contributed by atoms with Crippen LogP contribution >= 0.6 is 0 Å². The van der Waals surface area contributed by atoms with Crippen LogP contribution in [0.15, 0.2) is 109 Å². The van der Waals surface area contributed by atoms with Gasteiger partial charge in [-0.25, -0.2) is 9.37 Å². The molecule has 3 aromatic heterocycles. The molecule has 0 saturated heterocycles. The van der Waals surface area contributed by atoms with Gasteiger partial charge in [-0.3, -0.25) is 4.57 Å². The van der Waals surface area contributed by atoms with Crippen molar-refractivity contribution in [1.82, 2.24) is 14.1 Å². The minimum atomic E-state index is -1.01. The fraction of sp³-hybridized carbons (Fsp3) is 0.0606. The second-order valence-electron chi connectivity index (χ2n) is 9.65. The molecule has 1 aliphatic rings. The highest BCUT2D eigenvalue weighted by molar-refractivity contribution is 6.23. The van der Waals surface area contributed by atoms with Gasteiger partial charge in [-0.15, -0.1) is 0 Å². The smallest absolute Gasteiger partial charge is 0.138 e. The highest BCUT2D eigenvalue weighted by Crippen LogP contribution is 2.41. The minimum Gasteiger partial charge on any atom is -0.307 e. The van der Waals surface area contributed by atoms with Crippen LogP contribution in [0, 0.1) is 0 Å². The molecule has 0 N–H and O–H groups in total. The molecule has 4 heteroatoms. The van der Waals surface area contributed by atoms with Crippen molar-refractivity contribution in [3.05, 3.63) is 120 Å². The van der Waals surface area contributed by atoms with E-state index in [0.717, 1.165) is 33.6 Å². The first-order valence-electron chi connectivity index (χ1n) is 12.6. The molecule has 1 unspecified atom stereocenters. The number of alkyl halides is 1. The molecule has 3 heterocycles. The summed E-state index contributed by atoms with van der Waals surface area (Å²) in [7, 11) is 0. The van der Waals surface area contributed by atoms with Gasteiger partial charge in [-0.05, 0) is 36.4 Å². The Morgan fingerprint density at radius 2 is 1.24 bits per heavy atom. The lowest BCUT2D eigenvalue weighted by Gasteiger charge is -2.16. The Balaban J connectivity index is 1.59. The Hall–Kier alpha value is -4.70. The van der Waals surface area contributed by atoms with E-state index in [9.17, 15) is 4.39 Å². The molecule has 7 aromatic rings. The number of para-hydroxylation sites is 3. The summed E-state index contributed by atoms with van der Waals surface area (Å²) in [6, 6.07) is 35.9. The monoisotopic (exact) mass is 479 g/mol. The molecule has 1 atom stereocenters. The van der Waals surface area contributed by atoms with Gasteiger partial charge < -0.3 is 4.57 Å². The molecule has 0 amide bonds. The summed E-state index contributed by atoms with van der Waals surface area (Å²) in [5, 5.41) is 4.74. The number of rotatable bonds is 2. The Morgan fingerprint density at radius 3 is 1.97 bits per heavy atom. The quantitative estimate of drug-likeness (QED) is 0.243. The lowest BCUT2D eigenvalue weighted by atomic mass is 10.0. The summed E-state index contributed by atoms with van der Waals surface area (Å²) < 4.78 is 19.2. The summed E-state index contributed by atoms with van der Waals surface area (Å²) in [5.41, 5.74) is 6.96. The number of hydrogen-bond donors (Lipinski definition) is 0. The topological polar surface area (TPSA) is 22.8 Å². The van der Waals surface area contributed by atoms with Crippen molar-refractivity contribution in [3.63, 3.8) is 0 Å². The number of halogens is 1. The summed E-state index contributed by atoms with van der Waals surface area (Å²) >= 11 is 0. The van der Waals surface area contributed by atoms with Crippen molar-refractivity contribution in [2.45, 2.75) is 12.6 Å². The van der Waals surface area contributed by atoms with Crippen molar-refractivity contribution >= 4 is 49.7 Å². The van der Waals surface area contributed by atoms with Crippen LogP contribution in [0.2, 0.25) is 0 Å². The second-order valence-corrected chi connectivity index (χ2v) is 9.65. The maximum Gasteiger partial charge on any atom is 0.138 e. The van der Waals surface area contributed by atoms with Gasteiger partial charge in [0.2, 0.25) is 0 Å². The predicted octanol–water partition coefficient (Wildman–Crippen LogP) is 8.70. The molecule has 3 nitrogen and oxygen atoms in total. The zero-order valence-corrected chi connectivity index (χ0v) is 20.0. The first kappa shape index (κ1) is 20.5. The largest absolute Gasteiger partial charge is 0.307 e. The zero-order chi connectivity index (χ0) is 24.5. The van der Waals surface area contributed by atoms with E-state index in [1.165, 1.54) is 21.5 Å². The third-order valence-electron chi connectivity index (χ3n) is 7.61. The zero-order valence-electron chi connectivity index (χ0n) is 20.0. The molecule has 0 fully saturated rings. The van der Waals surface area contributed by atoms with Crippen LogP contribution in [0.3, 0.4) is 0 Å². The highest BCUT2D eigenvalue weighted by Gasteiger charge is 2.23. The summed E-state index contributed by atoms with van der Waals surface area (Å²) in [4.78, 5) is 5.00. The number of benzene rings is 4. The third-order valence-corrected chi connectivity index (χ3v) is 7.61. The summed E-state index contributed by atoms with van der Waals surface area (Å²) in [6.45, 7) is 0. The van der Waals surface area contributed by atoms with Gasteiger partial charge in [-0.1, -0.05) is 78.9 Å².